The van der Waals surface area contributed by atoms with Gasteiger partial charge in [0.1, 0.15) is 17.4 Å². The zero-order valence-corrected chi connectivity index (χ0v) is 11.8. The maximum absolute atomic E-state index is 6.04. The summed E-state index contributed by atoms with van der Waals surface area (Å²) in [5.74, 6) is 1.56. The lowest BCUT2D eigenvalue weighted by Crippen LogP contribution is -2.04. The van der Waals surface area contributed by atoms with Crippen LogP contribution in [0.4, 0.5) is 11.6 Å². The number of rotatable bonds is 4. The van der Waals surface area contributed by atoms with Gasteiger partial charge in [-0.25, -0.2) is 4.98 Å². The van der Waals surface area contributed by atoms with E-state index in [2.05, 4.69) is 10.3 Å². The van der Waals surface area contributed by atoms with E-state index in [-0.39, 0.29) is 5.82 Å². The van der Waals surface area contributed by atoms with Gasteiger partial charge in [0.2, 0.25) is 0 Å². The van der Waals surface area contributed by atoms with Crippen LogP contribution >= 0.6 is 23.2 Å². The molecular formula is C13H13Cl2N3O. The highest BCUT2D eigenvalue weighted by molar-refractivity contribution is 6.37. The lowest BCUT2D eigenvalue weighted by atomic mass is 10.2. The summed E-state index contributed by atoms with van der Waals surface area (Å²) >= 11 is 11.9. The van der Waals surface area contributed by atoms with Crippen LogP contribution in [0.15, 0.2) is 30.3 Å². The number of halogens is 2. The Morgan fingerprint density at radius 2 is 2.05 bits per heavy atom. The number of hydrogen-bond donors (Lipinski definition) is 2. The Kier molecular flexibility index (Phi) is 4.35. The average Bonchev–Trinajstić information content (AvgIpc) is 2.41. The fourth-order valence-electron chi connectivity index (χ4n) is 1.57. The predicted molar refractivity (Wildman–Crippen MR) is 79.0 cm³/mol. The van der Waals surface area contributed by atoms with Gasteiger partial charge in [0.25, 0.3) is 0 Å². The summed E-state index contributed by atoms with van der Waals surface area (Å²) in [4.78, 5) is 4.10. The monoisotopic (exact) mass is 297 g/mol. The van der Waals surface area contributed by atoms with Crippen LogP contribution < -0.4 is 15.8 Å². The molecule has 0 saturated carbocycles. The van der Waals surface area contributed by atoms with Crippen molar-refractivity contribution in [3.05, 3.63) is 45.9 Å². The van der Waals surface area contributed by atoms with Gasteiger partial charge in [0, 0.05) is 6.54 Å². The molecule has 0 radical (unpaired) electrons. The van der Waals surface area contributed by atoms with Crippen LogP contribution in [0.3, 0.4) is 0 Å². The molecule has 2 aromatic rings. The molecule has 0 fully saturated rings. The SMILES string of the molecule is COc1cccc(CNc2nc(N)c(Cl)cc2Cl)c1. The van der Waals surface area contributed by atoms with Gasteiger partial charge in [-0.1, -0.05) is 35.3 Å². The second-order valence-electron chi connectivity index (χ2n) is 3.89. The minimum absolute atomic E-state index is 0.249. The fraction of sp³-hybridized carbons (Fsp3) is 0.154. The van der Waals surface area contributed by atoms with Crippen LogP contribution in [0, 0.1) is 0 Å². The summed E-state index contributed by atoms with van der Waals surface area (Å²) in [6, 6.07) is 9.28. The lowest BCUT2D eigenvalue weighted by Gasteiger charge is -2.10. The Hall–Kier alpha value is -1.65. The molecule has 1 heterocycles. The first-order chi connectivity index (χ1) is 9.10. The highest BCUT2D eigenvalue weighted by atomic mass is 35.5. The van der Waals surface area contributed by atoms with Gasteiger partial charge < -0.3 is 15.8 Å². The van der Waals surface area contributed by atoms with Crippen LogP contribution in [0.25, 0.3) is 0 Å². The van der Waals surface area contributed by atoms with Crippen molar-refractivity contribution in [3.63, 3.8) is 0 Å². The number of pyridine rings is 1. The molecule has 1 aromatic carbocycles. The van der Waals surface area contributed by atoms with E-state index in [9.17, 15) is 0 Å². The van der Waals surface area contributed by atoms with Crippen molar-refractivity contribution in [1.29, 1.82) is 0 Å². The van der Waals surface area contributed by atoms with Crippen molar-refractivity contribution in [2.75, 3.05) is 18.2 Å². The Morgan fingerprint density at radius 1 is 1.26 bits per heavy atom. The molecule has 0 atom stereocenters. The van der Waals surface area contributed by atoms with Crippen molar-refractivity contribution in [3.8, 4) is 5.75 Å². The van der Waals surface area contributed by atoms with E-state index < -0.39 is 0 Å². The number of nitrogens with one attached hydrogen (secondary N) is 1. The van der Waals surface area contributed by atoms with Crippen LogP contribution in [0.2, 0.25) is 10.0 Å². The van der Waals surface area contributed by atoms with E-state index in [1.54, 1.807) is 13.2 Å². The predicted octanol–water partition coefficient (Wildman–Crippen LogP) is 3.59. The minimum atomic E-state index is 0.249. The maximum atomic E-state index is 6.04. The molecule has 3 N–H and O–H groups in total. The number of aromatic nitrogens is 1. The zero-order chi connectivity index (χ0) is 13.8. The second-order valence-corrected chi connectivity index (χ2v) is 4.71. The molecular weight excluding hydrogens is 285 g/mol. The Morgan fingerprint density at radius 3 is 2.79 bits per heavy atom. The average molecular weight is 298 g/mol. The molecule has 0 amide bonds. The zero-order valence-electron chi connectivity index (χ0n) is 10.3. The van der Waals surface area contributed by atoms with Crippen LogP contribution in [0.1, 0.15) is 5.56 Å². The third-order valence-corrected chi connectivity index (χ3v) is 3.14. The van der Waals surface area contributed by atoms with Gasteiger partial charge >= 0.3 is 0 Å². The highest BCUT2D eigenvalue weighted by Gasteiger charge is 2.07. The van der Waals surface area contributed by atoms with Crippen molar-refractivity contribution >= 4 is 34.8 Å². The third kappa shape index (κ3) is 3.43. The summed E-state index contributed by atoms with van der Waals surface area (Å²) in [6.45, 7) is 0.561. The summed E-state index contributed by atoms with van der Waals surface area (Å²) in [7, 11) is 1.63. The fourth-order valence-corrected chi connectivity index (χ4v) is 2.00. The number of methoxy groups -OCH3 is 1. The van der Waals surface area contributed by atoms with Gasteiger partial charge in [0.15, 0.2) is 0 Å². The van der Waals surface area contributed by atoms with Gasteiger partial charge in [-0.05, 0) is 23.8 Å². The number of nitrogens with two attached hydrogens (primary N) is 1. The first kappa shape index (κ1) is 13.8. The van der Waals surface area contributed by atoms with Gasteiger partial charge in [-0.3, -0.25) is 0 Å². The van der Waals surface area contributed by atoms with E-state index >= 15 is 0 Å². The van der Waals surface area contributed by atoms with E-state index in [0.717, 1.165) is 11.3 Å². The van der Waals surface area contributed by atoms with Crippen molar-refractivity contribution in [2.45, 2.75) is 6.54 Å². The number of nitrogen functional groups attached to an aromatic ring is 1. The van der Waals surface area contributed by atoms with Crippen molar-refractivity contribution in [2.24, 2.45) is 0 Å². The molecule has 6 heteroatoms. The molecule has 0 spiro atoms. The summed E-state index contributed by atoms with van der Waals surface area (Å²) in [5, 5.41) is 3.89. The molecule has 0 bridgehead atoms. The Labute approximate surface area is 121 Å². The minimum Gasteiger partial charge on any atom is -0.497 e. The topological polar surface area (TPSA) is 60.2 Å². The summed E-state index contributed by atoms with van der Waals surface area (Å²) < 4.78 is 5.16. The first-order valence-corrected chi connectivity index (χ1v) is 6.34. The number of benzene rings is 1. The molecule has 2 rings (SSSR count). The Balaban J connectivity index is 2.12. The third-order valence-electron chi connectivity index (χ3n) is 2.55. The first-order valence-electron chi connectivity index (χ1n) is 5.58. The van der Waals surface area contributed by atoms with Crippen LogP contribution in [-0.2, 0) is 6.54 Å². The smallest absolute Gasteiger partial charge is 0.147 e. The van der Waals surface area contributed by atoms with Crippen LogP contribution in [-0.4, -0.2) is 12.1 Å². The molecule has 0 saturated heterocycles. The number of ether oxygens (including phenoxy) is 1. The molecule has 0 unspecified atom stereocenters. The number of hydrogen-bond acceptors (Lipinski definition) is 4. The van der Waals surface area contributed by atoms with Crippen molar-refractivity contribution < 1.29 is 4.74 Å². The maximum Gasteiger partial charge on any atom is 0.147 e. The molecule has 100 valence electrons. The second kappa shape index (κ2) is 5.99. The van der Waals surface area contributed by atoms with Crippen molar-refractivity contribution in [1.82, 2.24) is 4.98 Å². The number of anilines is 2. The van der Waals surface area contributed by atoms with Gasteiger partial charge in [-0.2, -0.15) is 0 Å². The normalized spacial score (nSPS) is 10.3. The molecule has 1 aromatic heterocycles. The quantitative estimate of drug-likeness (QED) is 0.905. The van der Waals surface area contributed by atoms with E-state index in [1.807, 2.05) is 24.3 Å². The molecule has 4 nitrogen and oxygen atoms in total. The highest BCUT2D eigenvalue weighted by Crippen LogP contribution is 2.27. The van der Waals surface area contributed by atoms with Gasteiger partial charge in [0.05, 0.1) is 17.2 Å². The molecule has 0 aliphatic heterocycles. The molecule has 0 aliphatic carbocycles. The lowest BCUT2D eigenvalue weighted by molar-refractivity contribution is 0.414. The van der Waals surface area contributed by atoms with Gasteiger partial charge in [-0.15, -0.1) is 0 Å². The van der Waals surface area contributed by atoms with E-state index in [1.165, 1.54) is 0 Å². The van der Waals surface area contributed by atoms with Crippen LogP contribution in [0.5, 0.6) is 5.75 Å². The van der Waals surface area contributed by atoms with E-state index in [4.69, 9.17) is 33.7 Å². The summed E-state index contributed by atoms with van der Waals surface area (Å²) in [6.07, 6.45) is 0. The largest absolute Gasteiger partial charge is 0.497 e. The molecule has 0 aliphatic rings. The standard InChI is InChI=1S/C13H13Cl2N3O/c1-19-9-4-2-3-8(5-9)7-17-13-11(15)6-10(14)12(16)18-13/h2-6H,7H2,1H3,(H3,16,17,18). The van der Waals surface area contributed by atoms with E-state index in [0.29, 0.717) is 22.4 Å². The molecule has 19 heavy (non-hydrogen) atoms. The Bertz CT molecular complexity index is 590. The summed E-state index contributed by atoms with van der Waals surface area (Å²) in [5.41, 5.74) is 6.69. The number of nitrogens with zero attached hydrogens (tertiary/aromatic N) is 1.